The van der Waals surface area contributed by atoms with Crippen LogP contribution >= 0.6 is 0 Å². The molecule has 2 heterocycles. The molecule has 1 aliphatic carbocycles. The number of hydrogen-bond acceptors (Lipinski definition) is 4. The molecule has 2 aliphatic rings. The van der Waals surface area contributed by atoms with E-state index in [-0.39, 0.29) is 13.2 Å². The van der Waals surface area contributed by atoms with Gasteiger partial charge in [0.15, 0.2) is 11.2 Å². The first-order valence-electron chi connectivity index (χ1n) is 6.79. The number of rotatable bonds is 3. The van der Waals surface area contributed by atoms with Crippen molar-refractivity contribution in [2.45, 2.75) is 43.9 Å². The number of carbonyl (C=O) groups is 1. The molecule has 5 heteroatoms. The summed E-state index contributed by atoms with van der Waals surface area (Å²) in [6.45, 7) is 2.25. The van der Waals surface area contributed by atoms with Crippen molar-refractivity contribution in [3.05, 3.63) is 23.3 Å². The smallest absolute Gasteiger partial charge is 0.322 e. The van der Waals surface area contributed by atoms with Gasteiger partial charge in [0.2, 0.25) is 0 Å². The zero-order chi connectivity index (χ0) is 13.5. The molecular formula is C14H18N2O3. The summed E-state index contributed by atoms with van der Waals surface area (Å²) in [6.07, 6.45) is 4.76. The summed E-state index contributed by atoms with van der Waals surface area (Å²) in [4.78, 5) is 20.4. The Morgan fingerprint density at radius 2 is 2.05 bits per heavy atom. The minimum atomic E-state index is -1.03. The van der Waals surface area contributed by atoms with Crippen LogP contribution in [0.4, 0.5) is 0 Å². The number of ether oxygens (including phenoxy) is 1. The van der Waals surface area contributed by atoms with Gasteiger partial charge in [-0.05, 0) is 25.8 Å². The number of carboxylic acids is 1. The van der Waals surface area contributed by atoms with E-state index in [1.165, 1.54) is 12.8 Å². The highest BCUT2D eigenvalue weighted by molar-refractivity contribution is 5.81. The third-order valence-electron chi connectivity index (χ3n) is 4.18. The van der Waals surface area contributed by atoms with Gasteiger partial charge in [0, 0.05) is 17.3 Å². The van der Waals surface area contributed by atoms with Gasteiger partial charge in [-0.25, -0.2) is 9.97 Å². The van der Waals surface area contributed by atoms with Crippen molar-refractivity contribution in [2.75, 3.05) is 13.2 Å². The average Bonchev–Trinajstić information content (AvgIpc) is 2.79. The first kappa shape index (κ1) is 12.5. The zero-order valence-corrected chi connectivity index (χ0v) is 11.1. The number of carboxylic acid groups (broad SMARTS) is 1. The molecule has 3 rings (SSSR count). The van der Waals surface area contributed by atoms with E-state index in [0.717, 1.165) is 24.2 Å². The minimum Gasteiger partial charge on any atom is -0.480 e. The lowest BCUT2D eigenvalue weighted by atomic mass is 9.84. The summed E-state index contributed by atoms with van der Waals surface area (Å²) in [5.41, 5.74) is 0.825. The van der Waals surface area contributed by atoms with Crippen LogP contribution in [-0.2, 0) is 14.9 Å². The number of aromatic nitrogens is 2. The zero-order valence-electron chi connectivity index (χ0n) is 11.1. The summed E-state index contributed by atoms with van der Waals surface area (Å²) in [6, 6.07) is 1.99. The van der Waals surface area contributed by atoms with Crippen LogP contribution in [0.2, 0.25) is 0 Å². The van der Waals surface area contributed by atoms with Crippen LogP contribution in [0.3, 0.4) is 0 Å². The van der Waals surface area contributed by atoms with Crippen LogP contribution in [0.25, 0.3) is 0 Å². The standard InChI is InChI=1S/C14H18N2O3/c1-9-6-11(10-4-2-3-5-10)16-12(15-9)14(13(17)18)7-19-8-14/h6,10H,2-5,7-8H2,1H3,(H,17,18). The van der Waals surface area contributed by atoms with Crippen molar-refractivity contribution < 1.29 is 14.6 Å². The first-order chi connectivity index (χ1) is 9.12. The summed E-state index contributed by atoms with van der Waals surface area (Å²) in [7, 11) is 0. The van der Waals surface area contributed by atoms with Crippen molar-refractivity contribution in [2.24, 2.45) is 0 Å². The Balaban J connectivity index is 1.99. The fourth-order valence-electron chi connectivity index (χ4n) is 2.89. The van der Waals surface area contributed by atoms with Crippen LogP contribution in [-0.4, -0.2) is 34.3 Å². The molecule has 19 heavy (non-hydrogen) atoms. The van der Waals surface area contributed by atoms with Gasteiger partial charge < -0.3 is 9.84 Å². The number of aryl methyl sites for hydroxylation is 1. The van der Waals surface area contributed by atoms with Gasteiger partial charge in [0.25, 0.3) is 0 Å². The van der Waals surface area contributed by atoms with Crippen LogP contribution < -0.4 is 0 Å². The van der Waals surface area contributed by atoms with E-state index in [2.05, 4.69) is 9.97 Å². The van der Waals surface area contributed by atoms with Crippen LogP contribution in [0.1, 0.15) is 48.8 Å². The Labute approximate surface area is 112 Å². The summed E-state index contributed by atoms with van der Waals surface area (Å²) in [5.74, 6) is 0.00200. The number of aliphatic carboxylic acids is 1. The Hall–Kier alpha value is -1.49. The van der Waals surface area contributed by atoms with E-state index in [9.17, 15) is 9.90 Å². The predicted molar refractivity (Wildman–Crippen MR) is 68.1 cm³/mol. The molecule has 0 bridgehead atoms. The fraction of sp³-hybridized carbons (Fsp3) is 0.643. The maximum Gasteiger partial charge on any atom is 0.322 e. The molecule has 102 valence electrons. The third kappa shape index (κ3) is 2.02. The van der Waals surface area contributed by atoms with E-state index >= 15 is 0 Å². The van der Waals surface area contributed by atoms with Crippen molar-refractivity contribution in [3.8, 4) is 0 Å². The lowest BCUT2D eigenvalue weighted by Crippen LogP contribution is -2.54. The average molecular weight is 262 g/mol. The summed E-state index contributed by atoms with van der Waals surface area (Å²) < 4.78 is 5.10. The summed E-state index contributed by atoms with van der Waals surface area (Å²) >= 11 is 0. The fourth-order valence-corrected chi connectivity index (χ4v) is 2.89. The highest BCUT2D eigenvalue weighted by Gasteiger charge is 2.51. The molecular weight excluding hydrogens is 244 g/mol. The second-order valence-corrected chi connectivity index (χ2v) is 5.62. The van der Waals surface area contributed by atoms with E-state index in [1.807, 2.05) is 13.0 Å². The van der Waals surface area contributed by atoms with E-state index in [1.54, 1.807) is 0 Å². The molecule has 1 saturated heterocycles. The summed E-state index contributed by atoms with van der Waals surface area (Å²) in [5, 5.41) is 9.42. The first-order valence-corrected chi connectivity index (χ1v) is 6.79. The number of nitrogens with zero attached hydrogens (tertiary/aromatic N) is 2. The van der Waals surface area contributed by atoms with Crippen LogP contribution in [0.5, 0.6) is 0 Å². The third-order valence-corrected chi connectivity index (χ3v) is 4.18. The predicted octanol–water partition coefficient (Wildman–Crippen LogP) is 1.80. The number of hydrogen-bond donors (Lipinski definition) is 1. The Morgan fingerprint density at radius 3 is 2.58 bits per heavy atom. The molecule has 0 unspecified atom stereocenters. The maximum absolute atomic E-state index is 11.5. The normalized spacial score (nSPS) is 22.2. The van der Waals surface area contributed by atoms with Gasteiger partial charge >= 0.3 is 5.97 Å². The Morgan fingerprint density at radius 1 is 1.37 bits per heavy atom. The van der Waals surface area contributed by atoms with Gasteiger partial charge in [-0.15, -0.1) is 0 Å². The lowest BCUT2D eigenvalue weighted by molar-refractivity contribution is -0.164. The van der Waals surface area contributed by atoms with Crippen molar-refractivity contribution in [1.82, 2.24) is 9.97 Å². The SMILES string of the molecule is Cc1cc(C2CCCC2)nc(C2(C(=O)O)COC2)n1. The molecule has 0 spiro atoms. The van der Waals surface area contributed by atoms with E-state index < -0.39 is 11.4 Å². The Kier molecular flexibility index (Phi) is 3.01. The van der Waals surface area contributed by atoms with E-state index in [4.69, 9.17) is 4.74 Å². The second-order valence-electron chi connectivity index (χ2n) is 5.62. The highest BCUT2D eigenvalue weighted by atomic mass is 16.5. The van der Waals surface area contributed by atoms with Gasteiger partial charge in [-0.2, -0.15) is 0 Å². The van der Waals surface area contributed by atoms with Crippen molar-refractivity contribution in [1.29, 1.82) is 0 Å². The second kappa shape index (κ2) is 4.56. The van der Waals surface area contributed by atoms with Crippen molar-refractivity contribution in [3.63, 3.8) is 0 Å². The molecule has 1 saturated carbocycles. The maximum atomic E-state index is 11.5. The molecule has 0 amide bonds. The largest absolute Gasteiger partial charge is 0.480 e. The highest BCUT2D eigenvalue weighted by Crippen LogP contribution is 2.36. The molecule has 0 radical (unpaired) electrons. The van der Waals surface area contributed by atoms with Gasteiger partial charge in [0.1, 0.15) is 0 Å². The van der Waals surface area contributed by atoms with Crippen molar-refractivity contribution >= 4 is 5.97 Å². The quantitative estimate of drug-likeness (QED) is 0.899. The molecule has 2 fully saturated rings. The molecule has 1 aliphatic heterocycles. The van der Waals surface area contributed by atoms with Gasteiger partial charge in [-0.1, -0.05) is 12.8 Å². The molecule has 0 atom stereocenters. The van der Waals surface area contributed by atoms with Crippen LogP contribution in [0.15, 0.2) is 6.07 Å². The lowest BCUT2D eigenvalue weighted by Gasteiger charge is -2.36. The van der Waals surface area contributed by atoms with Gasteiger partial charge in [0.05, 0.1) is 13.2 Å². The molecule has 0 aromatic carbocycles. The molecule has 1 aromatic rings. The monoisotopic (exact) mass is 262 g/mol. The molecule has 1 aromatic heterocycles. The topological polar surface area (TPSA) is 72.3 Å². The van der Waals surface area contributed by atoms with Gasteiger partial charge in [-0.3, -0.25) is 4.79 Å². The van der Waals surface area contributed by atoms with E-state index in [0.29, 0.717) is 11.7 Å². The molecule has 5 nitrogen and oxygen atoms in total. The molecule has 1 N–H and O–H groups in total. The minimum absolute atomic E-state index is 0.176. The van der Waals surface area contributed by atoms with Crippen LogP contribution in [0, 0.1) is 6.92 Å². The Bertz CT molecular complexity index is 505.